The number of benzene rings is 1. The van der Waals surface area contributed by atoms with E-state index in [-0.39, 0.29) is 30.4 Å². The van der Waals surface area contributed by atoms with Gasteiger partial charge in [0, 0.05) is 38.9 Å². The molecule has 132 valence electrons. The first-order chi connectivity index (χ1) is 11.6. The van der Waals surface area contributed by atoms with Crippen LogP contribution in [0, 0.1) is 5.82 Å². The van der Waals surface area contributed by atoms with E-state index in [9.17, 15) is 14.0 Å². The van der Waals surface area contributed by atoms with E-state index in [1.165, 1.54) is 29.0 Å². The van der Waals surface area contributed by atoms with Crippen LogP contribution in [0.25, 0.3) is 0 Å². The highest BCUT2D eigenvalue weighted by molar-refractivity contribution is 5.96. The summed E-state index contributed by atoms with van der Waals surface area (Å²) in [6.45, 7) is 1.12. The van der Waals surface area contributed by atoms with Crippen LogP contribution in [0.3, 0.4) is 0 Å². The molecule has 0 atom stereocenters. The second kappa shape index (κ2) is 8.60. The Hall–Kier alpha value is -2.19. The van der Waals surface area contributed by atoms with E-state index >= 15 is 0 Å². The molecule has 0 aliphatic carbocycles. The van der Waals surface area contributed by atoms with Crippen LogP contribution < -0.4 is 10.2 Å². The number of rotatable bonds is 7. The summed E-state index contributed by atoms with van der Waals surface area (Å²) in [4.78, 5) is 26.7. The zero-order valence-corrected chi connectivity index (χ0v) is 13.6. The molecule has 0 radical (unpaired) electrons. The molecule has 1 aliphatic heterocycles. The monoisotopic (exact) mass is 339 g/mol. The normalized spacial score (nSPS) is 14.1. The summed E-state index contributed by atoms with van der Waals surface area (Å²) in [5.41, 5.74) is 0.510. The van der Waals surface area contributed by atoms with Gasteiger partial charge >= 0.3 is 6.03 Å². The number of urea groups is 1. The predicted molar refractivity (Wildman–Crippen MR) is 87.5 cm³/mol. The van der Waals surface area contributed by atoms with Crippen molar-refractivity contribution >= 4 is 23.3 Å². The maximum absolute atomic E-state index is 14.3. The summed E-state index contributed by atoms with van der Waals surface area (Å²) >= 11 is 0. The maximum Gasteiger partial charge on any atom is 0.322 e. The molecule has 24 heavy (non-hydrogen) atoms. The number of ether oxygens (including phenoxy) is 1. The van der Waals surface area contributed by atoms with Crippen molar-refractivity contribution in [2.24, 2.45) is 0 Å². The Kier molecular flexibility index (Phi) is 6.51. The average Bonchev–Trinajstić information content (AvgIpc) is 2.97. The van der Waals surface area contributed by atoms with Crippen molar-refractivity contribution in [1.29, 1.82) is 0 Å². The van der Waals surface area contributed by atoms with Gasteiger partial charge in [0.2, 0.25) is 5.91 Å². The summed E-state index contributed by atoms with van der Waals surface area (Å²) in [5, 5.41) is 11.6. The van der Waals surface area contributed by atoms with Gasteiger partial charge in [0.05, 0.1) is 18.9 Å². The molecule has 8 heteroatoms. The third kappa shape index (κ3) is 4.42. The first-order valence-electron chi connectivity index (χ1n) is 7.82. The second-order valence-corrected chi connectivity index (χ2v) is 5.45. The molecule has 0 saturated carbocycles. The molecule has 1 aromatic carbocycles. The standard InChI is InChI=1S/C16H22FN3O4/c1-24-10-8-19(7-9-21)16(23)18-12-4-5-14(13(17)11-12)20-6-2-3-15(20)22/h4-5,11,21H,2-3,6-10H2,1H3,(H,18,23). The minimum Gasteiger partial charge on any atom is -0.395 e. The lowest BCUT2D eigenvalue weighted by molar-refractivity contribution is -0.117. The number of anilines is 2. The molecular formula is C16H22FN3O4. The molecule has 7 nitrogen and oxygen atoms in total. The Balaban J connectivity index is 2.05. The fourth-order valence-electron chi connectivity index (χ4n) is 2.55. The number of halogens is 1. The molecule has 0 aromatic heterocycles. The molecular weight excluding hydrogens is 317 g/mol. The van der Waals surface area contributed by atoms with Gasteiger partial charge in [-0.05, 0) is 24.6 Å². The maximum atomic E-state index is 14.3. The molecule has 0 spiro atoms. The summed E-state index contributed by atoms with van der Waals surface area (Å²) in [6, 6.07) is 3.77. The molecule has 1 fully saturated rings. The van der Waals surface area contributed by atoms with Gasteiger partial charge in [0.15, 0.2) is 0 Å². The van der Waals surface area contributed by atoms with E-state index in [4.69, 9.17) is 9.84 Å². The van der Waals surface area contributed by atoms with Crippen LogP contribution in [-0.2, 0) is 9.53 Å². The van der Waals surface area contributed by atoms with Crippen molar-refractivity contribution < 1.29 is 23.8 Å². The number of hydrogen-bond acceptors (Lipinski definition) is 4. The topological polar surface area (TPSA) is 82.1 Å². The Labute approximate surface area is 140 Å². The number of methoxy groups -OCH3 is 1. The number of aliphatic hydroxyl groups excluding tert-OH is 1. The number of hydrogen-bond donors (Lipinski definition) is 2. The van der Waals surface area contributed by atoms with Crippen LogP contribution >= 0.6 is 0 Å². The third-order valence-corrected chi connectivity index (χ3v) is 3.79. The minimum absolute atomic E-state index is 0.0978. The molecule has 2 rings (SSSR count). The summed E-state index contributed by atoms with van der Waals surface area (Å²) in [6.07, 6.45) is 1.14. The number of aliphatic hydroxyl groups is 1. The van der Waals surface area contributed by atoms with Gasteiger partial charge < -0.3 is 25.0 Å². The molecule has 0 bridgehead atoms. The highest BCUT2D eigenvalue weighted by Gasteiger charge is 2.24. The first-order valence-corrected chi connectivity index (χ1v) is 7.82. The Morgan fingerprint density at radius 3 is 2.83 bits per heavy atom. The zero-order chi connectivity index (χ0) is 17.5. The number of nitrogens with zero attached hydrogens (tertiary/aromatic N) is 2. The van der Waals surface area contributed by atoms with Crippen LogP contribution in [0.2, 0.25) is 0 Å². The molecule has 1 heterocycles. The van der Waals surface area contributed by atoms with E-state index in [2.05, 4.69) is 5.32 Å². The Morgan fingerprint density at radius 2 is 2.25 bits per heavy atom. The summed E-state index contributed by atoms with van der Waals surface area (Å²) < 4.78 is 19.2. The molecule has 3 amide bonds. The molecule has 1 aromatic rings. The first kappa shape index (κ1) is 18.2. The highest BCUT2D eigenvalue weighted by Crippen LogP contribution is 2.26. The lowest BCUT2D eigenvalue weighted by atomic mass is 10.2. The fourth-order valence-corrected chi connectivity index (χ4v) is 2.55. The summed E-state index contributed by atoms with van der Waals surface area (Å²) in [7, 11) is 1.52. The lowest BCUT2D eigenvalue weighted by Gasteiger charge is -2.22. The Bertz CT molecular complexity index is 597. The van der Waals surface area contributed by atoms with Crippen LogP contribution in [0.15, 0.2) is 18.2 Å². The van der Waals surface area contributed by atoms with Crippen molar-refractivity contribution in [3.05, 3.63) is 24.0 Å². The van der Waals surface area contributed by atoms with Crippen LogP contribution in [0.4, 0.5) is 20.6 Å². The number of carbonyl (C=O) groups is 2. The van der Waals surface area contributed by atoms with Gasteiger partial charge in [-0.2, -0.15) is 0 Å². The van der Waals surface area contributed by atoms with E-state index in [1.807, 2.05) is 0 Å². The Morgan fingerprint density at radius 1 is 1.46 bits per heavy atom. The van der Waals surface area contributed by atoms with Crippen molar-refractivity contribution in [1.82, 2.24) is 4.90 Å². The van der Waals surface area contributed by atoms with E-state index in [0.717, 1.165) is 0 Å². The van der Waals surface area contributed by atoms with Gasteiger partial charge in [-0.15, -0.1) is 0 Å². The van der Waals surface area contributed by atoms with E-state index in [0.29, 0.717) is 32.5 Å². The van der Waals surface area contributed by atoms with Crippen LogP contribution in [0.1, 0.15) is 12.8 Å². The number of amides is 3. The molecule has 2 N–H and O–H groups in total. The average molecular weight is 339 g/mol. The van der Waals surface area contributed by atoms with Crippen LogP contribution in [0.5, 0.6) is 0 Å². The number of nitrogens with one attached hydrogen (secondary N) is 1. The molecule has 0 unspecified atom stereocenters. The van der Waals surface area contributed by atoms with Gasteiger partial charge in [-0.1, -0.05) is 0 Å². The zero-order valence-electron chi connectivity index (χ0n) is 13.6. The second-order valence-electron chi connectivity index (χ2n) is 5.45. The molecule has 1 saturated heterocycles. The van der Waals surface area contributed by atoms with Crippen molar-refractivity contribution in [3.63, 3.8) is 0 Å². The van der Waals surface area contributed by atoms with E-state index < -0.39 is 11.8 Å². The van der Waals surface area contributed by atoms with Gasteiger partial charge in [0.1, 0.15) is 5.82 Å². The number of carbonyl (C=O) groups excluding carboxylic acids is 2. The van der Waals surface area contributed by atoms with Crippen molar-refractivity contribution in [2.75, 3.05) is 50.2 Å². The minimum atomic E-state index is -0.561. The largest absolute Gasteiger partial charge is 0.395 e. The lowest BCUT2D eigenvalue weighted by Crippen LogP contribution is -2.39. The third-order valence-electron chi connectivity index (χ3n) is 3.79. The SMILES string of the molecule is COCCN(CCO)C(=O)Nc1ccc(N2CCCC2=O)c(F)c1. The van der Waals surface area contributed by atoms with E-state index in [1.54, 1.807) is 6.07 Å². The van der Waals surface area contributed by atoms with Gasteiger partial charge in [-0.3, -0.25) is 4.79 Å². The quantitative estimate of drug-likeness (QED) is 0.787. The van der Waals surface area contributed by atoms with Crippen molar-refractivity contribution in [2.45, 2.75) is 12.8 Å². The van der Waals surface area contributed by atoms with Gasteiger partial charge in [-0.25, -0.2) is 9.18 Å². The predicted octanol–water partition coefficient (Wildman–Crippen LogP) is 1.43. The summed E-state index contributed by atoms with van der Waals surface area (Å²) in [5.74, 6) is -0.659. The van der Waals surface area contributed by atoms with Crippen LogP contribution in [-0.4, -0.2) is 61.9 Å². The molecule has 1 aliphatic rings. The van der Waals surface area contributed by atoms with Crippen molar-refractivity contribution in [3.8, 4) is 0 Å². The smallest absolute Gasteiger partial charge is 0.322 e. The fraction of sp³-hybridized carbons (Fsp3) is 0.500. The van der Waals surface area contributed by atoms with Gasteiger partial charge in [0.25, 0.3) is 0 Å². The highest BCUT2D eigenvalue weighted by atomic mass is 19.1.